The van der Waals surface area contributed by atoms with E-state index in [-0.39, 0.29) is 23.5 Å². The van der Waals surface area contributed by atoms with E-state index in [1.54, 1.807) is 24.1 Å². The lowest BCUT2D eigenvalue weighted by Gasteiger charge is -2.29. The maximum absolute atomic E-state index is 13.2. The minimum atomic E-state index is -0.376. The number of hydrogen-bond donors (Lipinski definition) is 1. The quantitative estimate of drug-likeness (QED) is 0.766. The van der Waals surface area contributed by atoms with Gasteiger partial charge in [-0.2, -0.15) is 0 Å². The Kier molecular flexibility index (Phi) is 6.59. The molecule has 0 unspecified atom stereocenters. The van der Waals surface area contributed by atoms with Crippen molar-refractivity contribution in [1.82, 2.24) is 10.2 Å². The Bertz CT molecular complexity index is 889. The van der Waals surface area contributed by atoms with Crippen LogP contribution in [0.15, 0.2) is 53.7 Å². The maximum atomic E-state index is 13.2. The molecule has 1 N–H and O–H groups in total. The van der Waals surface area contributed by atoms with Crippen LogP contribution in [0.3, 0.4) is 0 Å². The van der Waals surface area contributed by atoms with Crippen LogP contribution in [-0.2, 0) is 11.4 Å². The van der Waals surface area contributed by atoms with Gasteiger partial charge in [0, 0.05) is 18.5 Å². The van der Waals surface area contributed by atoms with Crippen LogP contribution in [0.4, 0.5) is 9.18 Å². The molecule has 0 bridgehead atoms. The Labute approximate surface area is 176 Å². The largest absolute Gasteiger partial charge is 0.497 e. The molecule has 0 aliphatic carbocycles. The molecule has 0 saturated heterocycles. The van der Waals surface area contributed by atoms with Crippen LogP contribution in [0.25, 0.3) is 0 Å². The number of nitrogens with zero attached hydrogens (tertiary/aromatic N) is 2. The Morgan fingerprint density at radius 3 is 2.47 bits per heavy atom. The van der Waals surface area contributed by atoms with Gasteiger partial charge in [-0.05, 0) is 68.3 Å². The highest BCUT2D eigenvalue weighted by atomic mass is 19.1. The second kappa shape index (κ2) is 9.15. The zero-order chi connectivity index (χ0) is 21.7. The molecule has 0 spiro atoms. The Hall–Kier alpha value is -3.09. The van der Waals surface area contributed by atoms with E-state index >= 15 is 0 Å². The first-order valence-electron chi connectivity index (χ1n) is 9.92. The number of oxime groups is 1. The molecular weight excluding hydrogens is 385 g/mol. The van der Waals surface area contributed by atoms with Crippen LogP contribution >= 0.6 is 0 Å². The van der Waals surface area contributed by atoms with E-state index < -0.39 is 0 Å². The van der Waals surface area contributed by atoms with Crippen molar-refractivity contribution < 1.29 is 18.8 Å². The summed E-state index contributed by atoms with van der Waals surface area (Å²) in [5.74, 6) is 0.472. The molecule has 1 atom stereocenters. The van der Waals surface area contributed by atoms with E-state index in [0.717, 1.165) is 22.6 Å². The highest BCUT2D eigenvalue weighted by Crippen LogP contribution is 2.21. The molecule has 0 fully saturated rings. The monoisotopic (exact) mass is 413 g/mol. The molecule has 3 rings (SSSR count). The number of halogens is 1. The Morgan fingerprint density at radius 2 is 1.87 bits per heavy atom. The second-order valence-electron chi connectivity index (χ2n) is 8.39. The molecule has 1 heterocycles. The van der Waals surface area contributed by atoms with Crippen molar-refractivity contribution in [3.63, 3.8) is 0 Å². The van der Waals surface area contributed by atoms with Crippen LogP contribution < -0.4 is 10.1 Å². The number of ether oxygens (including phenoxy) is 1. The molecular formula is C23H28FN3O3. The van der Waals surface area contributed by atoms with Crippen molar-refractivity contribution >= 4 is 11.7 Å². The van der Waals surface area contributed by atoms with Gasteiger partial charge < -0.3 is 19.8 Å². The maximum Gasteiger partial charge on any atom is 0.318 e. The van der Waals surface area contributed by atoms with E-state index in [0.29, 0.717) is 19.5 Å². The number of hydrogen-bond acceptors (Lipinski definition) is 4. The number of carbonyl (C=O) groups excluding carboxylic acids is 1. The first-order valence-corrected chi connectivity index (χ1v) is 9.92. The Morgan fingerprint density at radius 1 is 1.20 bits per heavy atom. The zero-order valence-electron chi connectivity index (χ0n) is 17.8. The van der Waals surface area contributed by atoms with E-state index in [9.17, 15) is 9.18 Å². The number of rotatable bonds is 6. The Balaban J connectivity index is 1.68. The molecule has 1 aliphatic heterocycles. The number of methoxy groups -OCH3 is 1. The van der Waals surface area contributed by atoms with Crippen molar-refractivity contribution in [2.24, 2.45) is 5.16 Å². The lowest BCUT2D eigenvalue weighted by Crippen LogP contribution is -2.50. The van der Waals surface area contributed by atoms with Crippen LogP contribution in [0, 0.1) is 5.82 Å². The normalized spacial score (nSPS) is 15.9. The standard InChI is InChI=1S/C23H28FN3O3/c1-23(2,3)25-22(28)27(14-16-5-9-18(24)10-6-16)15-20-13-21(26-30-20)17-7-11-19(29-4)12-8-17/h5-12,20H,13-15H2,1-4H3,(H,25,28)/t20-/m1/s1. The summed E-state index contributed by atoms with van der Waals surface area (Å²) < 4.78 is 18.4. The highest BCUT2D eigenvalue weighted by molar-refractivity contribution is 6.01. The predicted octanol–water partition coefficient (Wildman–Crippen LogP) is 4.34. The second-order valence-corrected chi connectivity index (χ2v) is 8.39. The third kappa shape index (κ3) is 5.95. The molecule has 160 valence electrons. The topological polar surface area (TPSA) is 63.2 Å². The van der Waals surface area contributed by atoms with Gasteiger partial charge in [-0.25, -0.2) is 9.18 Å². The molecule has 0 aromatic heterocycles. The predicted molar refractivity (Wildman–Crippen MR) is 114 cm³/mol. The average molecular weight is 413 g/mol. The smallest absolute Gasteiger partial charge is 0.318 e. The number of amides is 2. The van der Waals surface area contributed by atoms with Gasteiger partial charge in [0.05, 0.1) is 19.4 Å². The fraction of sp³-hybridized carbons (Fsp3) is 0.391. The fourth-order valence-corrected chi connectivity index (χ4v) is 3.16. The van der Waals surface area contributed by atoms with Gasteiger partial charge in [-0.3, -0.25) is 0 Å². The summed E-state index contributed by atoms with van der Waals surface area (Å²) in [6.07, 6.45) is 0.336. The first-order chi connectivity index (χ1) is 14.2. The third-order valence-electron chi connectivity index (χ3n) is 4.64. The van der Waals surface area contributed by atoms with Crippen molar-refractivity contribution in [2.45, 2.75) is 45.4 Å². The van der Waals surface area contributed by atoms with Gasteiger partial charge in [0.25, 0.3) is 0 Å². The molecule has 0 saturated carbocycles. The summed E-state index contributed by atoms with van der Waals surface area (Å²) in [7, 11) is 1.62. The van der Waals surface area contributed by atoms with Crippen molar-refractivity contribution in [2.75, 3.05) is 13.7 Å². The molecule has 2 amide bonds. The van der Waals surface area contributed by atoms with Crippen molar-refractivity contribution in [3.05, 3.63) is 65.5 Å². The first kappa shape index (κ1) is 21.6. The van der Waals surface area contributed by atoms with Gasteiger partial charge >= 0.3 is 6.03 Å². The van der Waals surface area contributed by atoms with Gasteiger partial charge in [0.1, 0.15) is 11.6 Å². The summed E-state index contributed by atoms with van der Waals surface area (Å²) >= 11 is 0. The van der Waals surface area contributed by atoms with Gasteiger partial charge in [-0.15, -0.1) is 0 Å². The molecule has 2 aromatic carbocycles. The number of nitrogens with one attached hydrogen (secondary N) is 1. The molecule has 7 heteroatoms. The zero-order valence-corrected chi connectivity index (χ0v) is 17.8. The van der Waals surface area contributed by atoms with E-state index in [1.807, 2.05) is 45.0 Å². The average Bonchev–Trinajstić information content (AvgIpc) is 3.16. The lowest BCUT2D eigenvalue weighted by molar-refractivity contribution is 0.0580. The molecule has 1 aliphatic rings. The number of benzene rings is 2. The van der Waals surface area contributed by atoms with E-state index in [1.165, 1.54) is 12.1 Å². The molecule has 30 heavy (non-hydrogen) atoms. The van der Waals surface area contributed by atoms with Crippen LogP contribution in [0.2, 0.25) is 0 Å². The fourth-order valence-electron chi connectivity index (χ4n) is 3.16. The van der Waals surface area contributed by atoms with E-state index in [4.69, 9.17) is 9.57 Å². The van der Waals surface area contributed by atoms with Crippen molar-refractivity contribution in [1.29, 1.82) is 0 Å². The van der Waals surface area contributed by atoms with Gasteiger partial charge in [0.2, 0.25) is 0 Å². The highest BCUT2D eigenvalue weighted by Gasteiger charge is 2.28. The van der Waals surface area contributed by atoms with Crippen LogP contribution in [-0.4, -0.2) is 41.9 Å². The molecule has 0 radical (unpaired) electrons. The summed E-state index contributed by atoms with van der Waals surface area (Å²) in [4.78, 5) is 20.2. The van der Waals surface area contributed by atoms with Crippen LogP contribution in [0.1, 0.15) is 38.3 Å². The minimum absolute atomic E-state index is 0.201. The summed E-state index contributed by atoms with van der Waals surface area (Å²) in [6, 6.07) is 13.6. The lowest BCUT2D eigenvalue weighted by atomic mass is 10.0. The molecule has 6 nitrogen and oxygen atoms in total. The number of carbonyl (C=O) groups is 1. The molecule has 2 aromatic rings. The van der Waals surface area contributed by atoms with Crippen molar-refractivity contribution in [3.8, 4) is 5.75 Å². The van der Waals surface area contributed by atoms with Crippen LogP contribution in [0.5, 0.6) is 5.75 Å². The summed E-state index contributed by atoms with van der Waals surface area (Å²) in [6.45, 7) is 6.50. The third-order valence-corrected chi connectivity index (χ3v) is 4.64. The minimum Gasteiger partial charge on any atom is -0.497 e. The van der Waals surface area contributed by atoms with Gasteiger partial charge in [0.15, 0.2) is 6.10 Å². The van der Waals surface area contributed by atoms with Gasteiger partial charge in [-0.1, -0.05) is 17.3 Å². The summed E-state index contributed by atoms with van der Waals surface area (Å²) in [5, 5.41) is 7.20. The summed E-state index contributed by atoms with van der Waals surface area (Å²) in [5.41, 5.74) is 2.26. The van der Waals surface area contributed by atoms with E-state index in [2.05, 4.69) is 10.5 Å². The SMILES string of the molecule is COc1ccc(C2=NO[C@@H](CN(Cc3ccc(F)cc3)C(=O)NC(C)(C)C)C2)cc1. The number of urea groups is 1.